The van der Waals surface area contributed by atoms with E-state index in [1.165, 1.54) is 0 Å². The van der Waals surface area contributed by atoms with Crippen molar-refractivity contribution in [1.29, 1.82) is 0 Å². The maximum Gasteiger partial charge on any atom is 0.168 e. The molecule has 16 heavy (non-hydrogen) atoms. The number of aryl methyl sites for hydroxylation is 1. The lowest BCUT2D eigenvalue weighted by molar-refractivity contribution is 0.0968. The first-order valence-electron chi connectivity index (χ1n) is 5.49. The third-order valence-electron chi connectivity index (χ3n) is 3.14. The summed E-state index contributed by atoms with van der Waals surface area (Å²) < 4.78 is 1.02. The second-order valence-corrected chi connectivity index (χ2v) is 5.37. The summed E-state index contributed by atoms with van der Waals surface area (Å²) in [5.74, 6) is 0.582. The van der Waals surface area contributed by atoms with Crippen molar-refractivity contribution in [3.05, 3.63) is 33.9 Å². The van der Waals surface area contributed by atoms with E-state index >= 15 is 0 Å². The fourth-order valence-corrected chi connectivity index (χ4v) is 2.53. The van der Waals surface area contributed by atoms with Crippen molar-refractivity contribution < 1.29 is 4.79 Å². The summed E-state index contributed by atoms with van der Waals surface area (Å²) >= 11 is 3.45. The minimum absolute atomic E-state index is 0.275. The van der Waals surface area contributed by atoms with E-state index < -0.39 is 0 Å². The zero-order chi connectivity index (χ0) is 11.3. The Labute approximate surface area is 102 Å². The van der Waals surface area contributed by atoms with Crippen LogP contribution < -0.4 is 0 Å². The lowest BCUT2D eigenvalue weighted by atomic mass is 10.0. The highest BCUT2D eigenvalue weighted by atomic mass is 79.9. The molecule has 1 fully saturated rings. The number of nitrogens with one attached hydrogen (secondary N) is 1. The number of rotatable bonds is 2. The van der Waals surface area contributed by atoms with Crippen LogP contribution in [0.1, 0.15) is 28.9 Å². The summed E-state index contributed by atoms with van der Waals surface area (Å²) in [6.07, 6.45) is 2.11. The van der Waals surface area contributed by atoms with Gasteiger partial charge < -0.3 is 4.98 Å². The van der Waals surface area contributed by atoms with E-state index in [-0.39, 0.29) is 5.92 Å². The average molecular weight is 278 g/mol. The largest absolute Gasteiger partial charge is 0.358 e. The van der Waals surface area contributed by atoms with Crippen LogP contribution in [0.2, 0.25) is 0 Å². The number of ketones is 1. The van der Waals surface area contributed by atoms with Crippen molar-refractivity contribution in [2.75, 3.05) is 0 Å². The van der Waals surface area contributed by atoms with E-state index in [0.29, 0.717) is 5.78 Å². The summed E-state index contributed by atoms with van der Waals surface area (Å²) in [4.78, 5) is 15.5. The molecule has 0 atom stereocenters. The number of H-pyrrole nitrogens is 1. The van der Waals surface area contributed by atoms with Gasteiger partial charge in [0.05, 0.1) is 0 Å². The van der Waals surface area contributed by atoms with Crippen molar-refractivity contribution in [3.63, 3.8) is 0 Å². The lowest BCUT2D eigenvalue weighted by Crippen LogP contribution is -2.02. The number of aromatic nitrogens is 1. The maximum absolute atomic E-state index is 12.2. The number of fused-ring (bicyclic) bond motifs is 1. The molecule has 0 radical (unpaired) electrons. The van der Waals surface area contributed by atoms with Crippen LogP contribution >= 0.6 is 15.9 Å². The molecule has 3 rings (SSSR count). The fourth-order valence-electron chi connectivity index (χ4n) is 2.17. The minimum Gasteiger partial charge on any atom is -0.358 e. The van der Waals surface area contributed by atoms with E-state index in [2.05, 4.69) is 20.9 Å². The molecule has 0 spiro atoms. The Balaban J connectivity index is 2.24. The Morgan fingerprint density at radius 1 is 1.44 bits per heavy atom. The molecule has 0 saturated heterocycles. The van der Waals surface area contributed by atoms with Crippen LogP contribution in [0.4, 0.5) is 0 Å². The molecule has 1 aliphatic rings. The molecule has 1 aromatic heterocycles. The van der Waals surface area contributed by atoms with Gasteiger partial charge in [0.15, 0.2) is 5.78 Å². The van der Waals surface area contributed by atoms with Gasteiger partial charge in [-0.15, -0.1) is 0 Å². The van der Waals surface area contributed by atoms with Gasteiger partial charge in [0.25, 0.3) is 0 Å². The first kappa shape index (κ1) is 10.1. The van der Waals surface area contributed by atoms with Crippen molar-refractivity contribution in [2.45, 2.75) is 19.8 Å². The van der Waals surface area contributed by atoms with Gasteiger partial charge in [0.2, 0.25) is 0 Å². The SMILES string of the molecule is Cc1[nH]c2ccc(Br)cc2c1C(=O)C1CC1. The molecule has 1 N–H and O–H groups in total. The van der Waals surface area contributed by atoms with Crippen LogP contribution in [-0.2, 0) is 0 Å². The van der Waals surface area contributed by atoms with Crippen LogP contribution in [-0.4, -0.2) is 10.8 Å². The lowest BCUT2D eigenvalue weighted by Gasteiger charge is -1.98. The standard InChI is InChI=1S/C13H12BrNO/c1-7-12(13(16)8-2-3-8)10-6-9(14)4-5-11(10)15-7/h4-6,8,15H,2-3H2,1H3. The summed E-state index contributed by atoms with van der Waals surface area (Å²) in [6, 6.07) is 6.02. The van der Waals surface area contributed by atoms with Gasteiger partial charge in [-0.3, -0.25) is 4.79 Å². The number of benzene rings is 1. The maximum atomic E-state index is 12.2. The number of carbonyl (C=O) groups excluding carboxylic acids is 1. The van der Waals surface area contributed by atoms with Crippen LogP contribution in [0.15, 0.2) is 22.7 Å². The van der Waals surface area contributed by atoms with E-state index in [1.54, 1.807) is 0 Å². The molecule has 0 aliphatic heterocycles. The minimum atomic E-state index is 0.275. The molecule has 0 unspecified atom stereocenters. The quantitative estimate of drug-likeness (QED) is 0.832. The monoisotopic (exact) mass is 277 g/mol. The zero-order valence-corrected chi connectivity index (χ0v) is 10.6. The number of hydrogen-bond donors (Lipinski definition) is 1. The molecule has 1 heterocycles. The number of halogens is 1. The molecule has 2 aromatic rings. The Morgan fingerprint density at radius 3 is 2.88 bits per heavy atom. The van der Waals surface area contributed by atoms with Gasteiger partial charge >= 0.3 is 0 Å². The van der Waals surface area contributed by atoms with Crippen molar-refractivity contribution in [1.82, 2.24) is 4.98 Å². The van der Waals surface area contributed by atoms with Gasteiger partial charge in [0.1, 0.15) is 0 Å². The number of Topliss-reactive ketones (excluding diaryl/α,β-unsaturated/α-hetero) is 1. The summed E-state index contributed by atoms with van der Waals surface area (Å²) in [5.41, 5.74) is 2.92. The predicted octanol–water partition coefficient (Wildman–Crippen LogP) is 3.83. The third kappa shape index (κ3) is 1.50. The fraction of sp³-hybridized carbons (Fsp3) is 0.308. The van der Waals surface area contributed by atoms with Crippen LogP contribution in [0.25, 0.3) is 10.9 Å². The molecule has 0 amide bonds. The molecular formula is C13H12BrNO. The highest BCUT2D eigenvalue weighted by Gasteiger charge is 2.32. The Morgan fingerprint density at radius 2 is 2.19 bits per heavy atom. The van der Waals surface area contributed by atoms with E-state index in [1.807, 2.05) is 25.1 Å². The van der Waals surface area contributed by atoms with E-state index in [0.717, 1.165) is 39.5 Å². The number of aromatic amines is 1. The van der Waals surface area contributed by atoms with Gasteiger partial charge in [-0.25, -0.2) is 0 Å². The first-order chi connectivity index (χ1) is 7.66. The third-order valence-corrected chi connectivity index (χ3v) is 3.64. The van der Waals surface area contributed by atoms with Gasteiger partial charge in [-0.1, -0.05) is 15.9 Å². The second kappa shape index (κ2) is 3.45. The topological polar surface area (TPSA) is 32.9 Å². The molecule has 1 saturated carbocycles. The van der Waals surface area contributed by atoms with Crippen molar-refractivity contribution in [3.8, 4) is 0 Å². The molecule has 1 aromatic carbocycles. The number of carbonyl (C=O) groups is 1. The van der Waals surface area contributed by atoms with Crippen LogP contribution in [0.3, 0.4) is 0 Å². The Hall–Kier alpha value is -1.09. The highest BCUT2D eigenvalue weighted by Crippen LogP contribution is 2.36. The zero-order valence-electron chi connectivity index (χ0n) is 9.01. The summed E-state index contributed by atoms with van der Waals surface area (Å²) in [7, 11) is 0. The number of hydrogen-bond acceptors (Lipinski definition) is 1. The summed E-state index contributed by atoms with van der Waals surface area (Å²) in [5, 5.41) is 1.05. The average Bonchev–Trinajstić information content (AvgIpc) is 3.01. The Kier molecular flexibility index (Phi) is 2.18. The Bertz CT molecular complexity index is 581. The predicted molar refractivity (Wildman–Crippen MR) is 67.8 cm³/mol. The molecule has 3 heteroatoms. The summed E-state index contributed by atoms with van der Waals surface area (Å²) in [6.45, 7) is 1.98. The van der Waals surface area contributed by atoms with Crippen molar-refractivity contribution in [2.24, 2.45) is 5.92 Å². The second-order valence-electron chi connectivity index (χ2n) is 4.45. The molecular weight excluding hydrogens is 266 g/mol. The molecule has 0 bridgehead atoms. The van der Waals surface area contributed by atoms with Gasteiger partial charge in [-0.05, 0) is 38.0 Å². The first-order valence-corrected chi connectivity index (χ1v) is 6.28. The van der Waals surface area contributed by atoms with Gasteiger partial charge in [-0.2, -0.15) is 0 Å². The van der Waals surface area contributed by atoms with Crippen LogP contribution in [0, 0.1) is 12.8 Å². The highest BCUT2D eigenvalue weighted by molar-refractivity contribution is 9.10. The molecule has 1 aliphatic carbocycles. The van der Waals surface area contributed by atoms with Gasteiger partial charge in [0, 0.05) is 32.6 Å². The van der Waals surface area contributed by atoms with E-state index in [9.17, 15) is 4.79 Å². The smallest absolute Gasteiger partial charge is 0.168 e. The van der Waals surface area contributed by atoms with Crippen molar-refractivity contribution >= 4 is 32.6 Å². The molecule has 82 valence electrons. The van der Waals surface area contributed by atoms with Crippen LogP contribution in [0.5, 0.6) is 0 Å². The molecule has 2 nitrogen and oxygen atoms in total. The van der Waals surface area contributed by atoms with E-state index in [4.69, 9.17) is 0 Å². The normalized spacial score (nSPS) is 15.6.